The summed E-state index contributed by atoms with van der Waals surface area (Å²) in [7, 11) is -3.34. The van der Waals surface area contributed by atoms with Crippen molar-refractivity contribution in [1.29, 1.82) is 0 Å². The quantitative estimate of drug-likeness (QED) is 0.769. The summed E-state index contributed by atoms with van der Waals surface area (Å²) in [6.45, 7) is 8.07. The highest BCUT2D eigenvalue weighted by molar-refractivity contribution is 7.91. The SMILES string of the molecule is CCS(=O)(=O)c1c(N)nsc1NC(C)CCCC(C)C. The van der Waals surface area contributed by atoms with Crippen LogP contribution in [-0.2, 0) is 9.84 Å². The van der Waals surface area contributed by atoms with Gasteiger partial charge in [-0.2, -0.15) is 4.37 Å². The molecule has 1 unspecified atom stereocenters. The Morgan fingerprint density at radius 3 is 2.50 bits per heavy atom. The standard InChI is InChI=1S/C13H25N3O2S2/c1-5-20(17,18)11-12(14)16-19-13(11)15-10(4)8-6-7-9(2)3/h9-10,15H,5-8H2,1-4H3,(H2,14,16). The lowest BCUT2D eigenvalue weighted by Gasteiger charge is -2.15. The van der Waals surface area contributed by atoms with Crippen molar-refractivity contribution in [1.82, 2.24) is 4.37 Å². The molecule has 1 aromatic rings. The highest BCUT2D eigenvalue weighted by Gasteiger charge is 2.24. The van der Waals surface area contributed by atoms with Crippen LogP contribution < -0.4 is 11.1 Å². The van der Waals surface area contributed by atoms with Crippen LogP contribution in [0.15, 0.2) is 4.90 Å². The van der Waals surface area contributed by atoms with Crippen molar-refractivity contribution >= 4 is 32.2 Å². The van der Waals surface area contributed by atoms with Gasteiger partial charge >= 0.3 is 0 Å². The van der Waals surface area contributed by atoms with Gasteiger partial charge in [0.1, 0.15) is 9.90 Å². The first-order valence-electron chi connectivity index (χ1n) is 7.02. The third kappa shape index (κ3) is 4.63. The number of nitrogens with two attached hydrogens (primary N) is 1. The van der Waals surface area contributed by atoms with E-state index in [1.54, 1.807) is 6.92 Å². The molecule has 1 rings (SSSR count). The van der Waals surface area contributed by atoms with Gasteiger partial charge in [0.25, 0.3) is 0 Å². The zero-order valence-corrected chi connectivity index (χ0v) is 14.3. The molecule has 0 saturated heterocycles. The van der Waals surface area contributed by atoms with Crippen molar-refractivity contribution < 1.29 is 8.42 Å². The number of hydrogen-bond donors (Lipinski definition) is 2. The fourth-order valence-electron chi connectivity index (χ4n) is 1.96. The molecule has 0 fully saturated rings. The third-order valence-corrected chi connectivity index (χ3v) is 5.88. The van der Waals surface area contributed by atoms with Crippen LogP contribution in [0.2, 0.25) is 0 Å². The smallest absolute Gasteiger partial charge is 0.184 e. The summed E-state index contributed by atoms with van der Waals surface area (Å²) in [5.74, 6) is 0.831. The van der Waals surface area contributed by atoms with Gasteiger partial charge in [-0.1, -0.05) is 33.6 Å². The normalized spacial score (nSPS) is 13.7. The first-order valence-corrected chi connectivity index (χ1v) is 9.45. The van der Waals surface area contributed by atoms with E-state index in [9.17, 15) is 8.42 Å². The van der Waals surface area contributed by atoms with Crippen molar-refractivity contribution in [3.8, 4) is 0 Å². The number of nitrogens with zero attached hydrogens (tertiary/aromatic N) is 1. The van der Waals surface area contributed by atoms with E-state index >= 15 is 0 Å². The lowest BCUT2D eigenvalue weighted by atomic mass is 10.0. The summed E-state index contributed by atoms with van der Waals surface area (Å²) < 4.78 is 28.0. The highest BCUT2D eigenvalue weighted by Crippen LogP contribution is 2.33. The van der Waals surface area contributed by atoms with E-state index in [1.165, 1.54) is 6.42 Å². The van der Waals surface area contributed by atoms with Gasteiger partial charge < -0.3 is 11.1 Å². The van der Waals surface area contributed by atoms with Crippen LogP contribution in [0.25, 0.3) is 0 Å². The van der Waals surface area contributed by atoms with Crippen LogP contribution in [0, 0.1) is 5.92 Å². The molecule has 7 heteroatoms. The van der Waals surface area contributed by atoms with Gasteiger partial charge in [-0.15, -0.1) is 0 Å². The van der Waals surface area contributed by atoms with Gasteiger partial charge in [0, 0.05) is 6.04 Å². The van der Waals surface area contributed by atoms with Crippen molar-refractivity contribution in [2.75, 3.05) is 16.8 Å². The number of nitrogen functional groups attached to an aromatic ring is 1. The molecule has 0 aliphatic heterocycles. The molecule has 1 heterocycles. The maximum atomic E-state index is 12.0. The summed E-state index contributed by atoms with van der Waals surface area (Å²) in [6, 6.07) is 0.208. The zero-order valence-electron chi connectivity index (χ0n) is 12.6. The van der Waals surface area contributed by atoms with Gasteiger partial charge in [0.15, 0.2) is 15.7 Å². The fourth-order valence-corrected chi connectivity index (χ4v) is 4.23. The molecule has 0 aliphatic carbocycles. The number of nitrogens with one attached hydrogen (secondary N) is 1. The molecule has 20 heavy (non-hydrogen) atoms. The molecular weight excluding hydrogens is 294 g/mol. The van der Waals surface area contributed by atoms with Crippen LogP contribution in [0.4, 0.5) is 10.8 Å². The lowest BCUT2D eigenvalue weighted by Crippen LogP contribution is -2.17. The van der Waals surface area contributed by atoms with E-state index in [0.29, 0.717) is 10.9 Å². The second-order valence-corrected chi connectivity index (χ2v) is 8.49. The minimum Gasteiger partial charge on any atom is -0.382 e. The molecule has 0 amide bonds. The van der Waals surface area contributed by atoms with Gasteiger partial charge in [0.05, 0.1) is 5.75 Å². The monoisotopic (exact) mass is 319 g/mol. The predicted octanol–water partition coefficient (Wildman–Crippen LogP) is 3.15. The average Bonchev–Trinajstić information content (AvgIpc) is 2.70. The summed E-state index contributed by atoms with van der Waals surface area (Å²) in [4.78, 5) is 0.167. The summed E-state index contributed by atoms with van der Waals surface area (Å²) in [5, 5.41) is 3.81. The second kappa shape index (κ2) is 7.26. The Bertz CT molecular complexity index is 524. The van der Waals surface area contributed by atoms with E-state index in [2.05, 4.69) is 30.5 Å². The molecule has 1 aromatic heterocycles. The Balaban J connectivity index is 2.74. The van der Waals surface area contributed by atoms with Crippen molar-refractivity contribution in [2.24, 2.45) is 5.92 Å². The van der Waals surface area contributed by atoms with E-state index in [0.717, 1.165) is 24.4 Å². The molecule has 0 spiro atoms. The van der Waals surface area contributed by atoms with Gasteiger partial charge in [-0.05, 0) is 30.8 Å². The Morgan fingerprint density at radius 1 is 1.30 bits per heavy atom. The Kier molecular flexibility index (Phi) is 6.26. The Labute approximate surface area is 126 Å². The van der Waals surface area contributed by atoms with Crippen molar-refractivity contribution in [3.05, 3.63) is 0 Å². The van der Waals surface area contributed by atoms with Crippen LogP contribution >= 0.6 is 11.5 Å². The number of sulfone groups is 1. The lowest BCUT2D eigenvalue weighted by molar-refractivity contribution is 0.520. The molecule has 0 radical (unpaired) electrons. The average molecular weight is 319 g/mol. The first-order chi connectivity index (χ1) is 9.27. The van der Waals surface area contributed by atoms with Crippen LogP contribution in [0.5, 0.6) is 0 Å². The number of anilines is 2. The molecule has 1 atom stereocenters. The number of hydrogen-bond acceptors (Lipinski definition) is 6. The van der Waals surface area contributed by atoms with Gasteiger partial charge in [0.2, 0.25) is 0 Å². The van der Waals surface area contributed by atoms with Crippen molar-refractivity contribution in [2.45, 2.75) is 57.9 Å². The Hall–Kier alpha value is -0.820. The maximum Gasteiger partial charge on any atom is 0.184 e. The molecule has 5 nitrogen and oxygen atoms in total. The molecule has 0 aromatic carbocycles. The Morgan fingerprint density at radius 2 is 1.95 bits per heavy atom. The van der Waals surface area contributed by atoms with Crippen LogP contribution in [-0.4, -0.2) is 24.6 Å². The summed E-state index contributed by atoms with van der Waals surface area (Å²) in [5.41, 5.74) is 5.70. The minimum atomic E-state index is -3.34. The van der Waals surface area contributed by atoms with Crippen molar-refractivity contribution in [3.63, 3.8) is 0 Å². The van der Waals surface area contributed by atoms with Gasteiger partial charge in [-0.3, -0.25) is 0 Å². The molecular formula is C13H25N3O2S2. The molecule has 0 bridgehead atoms. The fraction of sp³-hybridized carbons (Fsp3) is 0.769. The first kappa shape index (κ1) is 17.2. The molecule has 0 saturated carbocycles. The predicted molar refractivity (Wildman–Crippen MR) is 86.0 cm³/mol. The second-order valence-electron chi connectivity index (χ2n) is 5.50. The number of rotatable bonds is 8. The summed E-state index contributed by atoms with van der Waals surface area (Å²) in [6.07, 6.45) is 3.30. The largest absolute Gasteiger partial charge is 0.382 e. The highest BCUT2D eigenvalue weighted by atomic mass is 32.2. The zero-order chi connectivity index (χ0) is 15.3. The van der Waals surface area contributed by atoms with E-state index in [-0.39, 0.29) is 22.5 Å². The van der Waals surface area contributed by atoms with Gasteiger partial charge in [-0.25, -0.2) is 8.42 Å². The van der Waals surface area contributed by atoms with E-state index in [4.69, 9.17) is 5.73 Å². The van der Waals surface area contributed by atoms with Crippen LogP contribution in [0.3, 0.4) is 0 Å². The van der Waals surface area contributed by atoms with E-state index < -0.39 is 9.84 Å². The molecule has 3 N–H and O–H groups in total. The van der Waals surface area contributed by atoms with Crippen LogP contribution in [0.1, 0.15) is 47.0 Å². The molecule has 116 valence electrons. The molecule has 0 aliphatic rings. The minimum absolute atomic E-state index is 0.0338. The maximum absolute atomic E-state index is 12.0. The third-order valence-electron chi connectivity index (χ3n) is 3.16. The topological polar surface area (TPSA) is 85.1 Å². The summed E-state index contributed by atoms with van der Waals surface area (Å²) >= 11 is 1.12. The number of aromatic nitrogens is 1. The van der Waals surface area contributed by atoms with E-state index in [1.807, 2.05) is 0 Å².